The van der Waals surface area contributed by atoms with Gasteiger partial charge in [0.25, 0.3) is 0 Å². The van der Waals surface area contributed by atoms with Crippen LogP contribution >= 0.6 is 11.3 Å². The van der Waals surface area contributed by atoms with E-state index in [0.717, 1.165) is 55.7 Å². The van der Waals surface area contributed by atoms with Gasteiger partial charge in [-0.1, -0.05) is 0 Å². The highest BCUT2D eigenvalue weighted by Gasteiger charge is 2.35. The first-order valence-electron chi connectivity index (χ1n) is 8.95. The molecule has 26 heavy (non-hydrogen) atoms. The van der Waals surface area contributed by atoms with Crippen molar-refractivity contribution in [2.24, 2.45) is 4.99 Å². The number of fused-ring (bicyclic) bond motifs is 1. The van der Waals surface area contributed by atoms with Gasteiger partial charge in [0.2, 0.25) is 0 Å². The van der Waals surface area contributed by atoms with Gasteiger partial charge in [-0.3, -0.25) is 5.01 Å². The molecule has 10 heteroatoms. The van der Waals surface area contributed by atoms with Crippen molar-refractivity contribution in [2.75, 3.05) is 63.7 Å². The summed E-state index contributed by atoms with van der Waals surface area (Å²) in [6, 6.07) is 1.82. The van der Waals surface area contributed by atoms with Gasteiger partial charge < -0.3 is 15.0 Å². The van der Waals surface area contributed by atoms with Crippen LogP contribution in [0, 0.1) is 0 Å². The van der Waals surface area contributed by atoms with E-state index in [0.29, 0.717) is 17.4 Å². The summed E-state index contributed by atoms with van der Waals surface area (Å²) in [6.07, 6.45) is 1.20. The number of aliphatic imine (C=N–C) groups is 1. The Morgan fingerprint density at radius 2 is 1.92 bits per heavy atom. The molecule has 2 saturated heterocycles. The number of morpholine rings is 1. The average molecular weight is 400 g/mol. The number of hydrogen-bond donors (Lipinski definition) is 1. The summed E-state index contributed by atoms with van der Waals surface area (Å²) in [5, 5.41) is 7.81. The van der Waals surface area contributed by atoms with Gasteiger partial charge in [0.05, 0.1) is 23.8 Å². The number of piperazine rings is 1. The van der Waals surface area contributed by atoms with Crippen molar-refractivity contribution in [1.29, 1.82) is 0 Å². The SMILES string of the molecule is CC1N=C(N2CCOCC2)c2sc(S(C)(=O)=O)cc2N1N1CCNCC1. The third-order valence-corrected chi connectivity index (χ3v) is 7.80. The summed E-state index contributed by atoms with van der Waals surface area (Å²) in [4.78, 5) is 8.13. The Kier molecular flexibility index (Phi) is 4.95. The van der Waals surface area contributed by atoms with Gasteiger partial charge in [0.1, 0.15) is 16.2 Å². The van der Waals surface area contributed by atoms with Crippen LogP contribution < -0.4 is 10.3 Å². The molecule has 144 valence electrons. The van der Waals surface area contributed by atoms with E-state index < -0.39 is 9.84 Å². The number of thiophene rings is 1. The maximum atomic E-state index is 12.2. The molecular weight excluding hydrogens is 374 g/mol. The number of ether oxygens (including phenoxy) is 1. The molecule has 0 radical (unpaired) electrons. The quantitative estimate of drug-likeness (QED) is 0.762. The van der Waals surface area contributed by atoms with Crippen LogP contribution in [0.5, 0.6) is 0 Å². The predicted molar refractivity (Wildman–Crippen MR) is 103 cm³/mol. The Labute approximate surface area is 158 Å². The van der Waals surface area contributed by atoms with Crippen LogP contribution in [0.3, 0.4) is 0 Å². The second-order valence-corrected chi connectivity index (χ2v) is 10.1. The molecule has 4 rings (SSSR count). The molecule has 1 N–H and O–H groups in total. The number of amidine groups is 1. The van der Waals surface area contributed by atoms with Gasteiger partial charge in [-0.25, -0.2) is 18.4 Å². The summed E-state index contributed by atoms with van der Waals surface area (Å²) in [7, 11) is -3.26. The third-order valence-electron chi connectivity index (χ3n) is 4.88. The van der Waals surface area contributed by atoms with Crippen molar-refractivity contribution < 1.29 is 13.2 Å². The molecule has 3 aliphatic heterocycles. The van der Waals surface area contributed by atoms with Gasteiger partial charge in [-0.15, -0.1) is 11.3 Å². The van der Waals surface area contributed by atoms with E-state index in [1.807, 2.05) is 6.07 Å². The zero-order chi connectivity index (χ0) is 18.3. The second kappa shape index (κ2) is 7.08. The Bertz CT molecular complexity index is 795. The first-order valence-corrected chi connectivity index (χ1v) is 11.7. The van der Waals surface area contributed by atoms with Crippen LogP contribution in [-0.4, -0.2) is 89.1 Å². The molecule has 3 aliphatic rings. The Hall–Kier alpha value is -1.20. The third kappa shape index (κ3) is 3.36. The Balaban J connectivity index is 1.77. The van der Waals surface area contributed by atoms with Crippen molar-refractivity contribution in [1.82, 2.24) is 15.2 Å². The van der Waals surface area contributed by atoms with Crippen molar-refractivity contribution in [3.05, 3.63) is 10.9 Å². The minimum Gasteiger partial charge on any atom is -0.378 e. The molecule has 1 unspecified atom stereocenters. The van der Waals surface area contributed by atoms with Crippen LogP contribution in [0.1, 0.15) is 11.8 Å². The zero-order valence-electron chi connectivity index (χ0n) is 15.1. The molecule has 8 nitrogen and oxygen atoms in total. The van der Waals surface area contributed by atoms with E-state index >= 15 is 0 Å². The van der Waals surface area contributed by atoms with Gasteiger partial charge >= 0.3 is 0 Å². The highest BCUT2D eigenvalue weighted by Crippen LogP contribution is 2.39. The Morgan fingerprint density at radius 3 is 2.58 bits per heavy atom. The summed E-state index contributed by atoms with van der Waals surface area (Å²) in [6.45, 7) is 8.59. The zero-order valence-corrected chi connectivity index (χ0v) is 16.8. The molecule has 0 bridgehead atoms. The molecule has 1 aromatic heterocycles. The predicted octanol–water partition coefficient (Wildman–Crippen LogP) is 0.217. The van der Waals surface area contributed by atoms with Gasteiger partial charge in [-0.05, 0) is 13.0 Å². The standard InChI is InChI=1S/C16H25N5O3S2/c1-12-18-16(19-7-9-24-10-8-19)15-13(11-14(25-15)26(2,22)23)21(12)20-5-3-17-4-6-20/h11-12,17H,3-10H2,1-2H3. The highest BCUT2D eigenvalue weighted by molar-refractivity contribution is 7.92. The molecule has 1 aromatic rings. The molecule has 1 atom stereocenters. The van der Waals surface area contributed by atoms with Crippen LogP contribution in [0.15, 0.2) is 15.3 Å². The largest absolute Gasteiger partial charge is 0.378 e. The summed E-state index contributed by atoms with van der Waals surface area (Å²) < 4.78 is 30.3. The molecule has 2 fully saturated rings. The van der Waals surface area contributed by atoms with Gasteiger partial charge in [-0.2, -0.15) is 0 Å². The van der Waals surface area contributed by atoms with Crippen molar-refractivity contribution >= 4 is 32.7 Å². The van der Waals surface area contributed by atoms with E-state index in [2.05, 4.69) is 27.2 Å². The maximum Gasteiger partial charge on any atom is 0.184 e. The first kappa shape index (κ1) is 18.2. The number of rotatable bonds is 2. The lowest BCUT2D eigenvalue weighted by atomic mass is 10.2. The molecular formula is C16H25N5O3S2. The van der Waals surface area contributed by atoms with Gasteiger partial charge in [0.15, 0.2) is 9.84 Å². The molecule has 0 spiro atoms. The number of nitrogens with one attached hydrogen (secondary N) is 1. The number of sulfone groups is 1. The molecule has 4 heterocycles. The molecule has 0 aliphatic carbocycles. The van der Waals surface area contributed by atoms with E-state index in [1.54, 1.807) is 0 Å². The molecule has 0 aromatic carbocycles. The fourth-order valence-electron chi connectivity index (χ4n) is 3.62. The fourth-order valence-corrected chi connectivity index (χ4v) is 5.70. The number of hydrazine groups is 1. The monoisotopic (exact) mass is 399 g/mol. The van der Waals surface area contributed by atoms with E-state index in [4.69, 9.17) is 9.73 Å². The normalized spacial score (nSPS) is 25.2. The summed E-state index contributed by atoms with van der Waals surface area (Å²) >= 11 is 1.33. The van der Waals surface area contributed by atoms with Crippen molar-refractivity contribution in [2.45, 2.75) is 17.3 Å². The van der Waals surface area contributed by atoms with E-state index in [-0.39, 0.29) is 6.17 Å². The van der Waals surface area contributed by atoms with Crippen molar-refractivity contribution in [3.8, 4) is 0 Å². The smallest absolute Gasteiger partial charge is 0.184 e. The highest BCUT2D eigenvalue weighted by atomic mass is 32.2. The van der Waals surface area contributed by atoms with E-state index in [1.165, 1.54) is 17.6 Å². The number of nitrogens with zero attached hydrogens (tertiary/aromatic N) is 4. The minimum atomic E-state index is -3.26. The van der Waals surface area contributed by atoms with Crippen LogP contribution in [-0.2, 0) is 14.6 Å². The van der Waals surface area contributed by atoms with Crippen LogP contribution in [0.4, 0.5) is 5.69 Å². The van der Waals surface area contributed by atoms with Crippen LogP contribution in [0.2, 0.25) is 0 Å². The topological polar surface area (TPSA) is 77.5 Å². The number of anilines is 1. The Morgan fingerprint density at radius 1 is 1.23 bits per heavy atom. The lowest BCUT2D eigenvalue weighted by molar-refractivity contribution is 0.0678. The summed E-state index contributed by atoms with van der Waals surface area (Å²) in [5.41, 5.74) is 0.960. The fraction of sp³-hybridized carbons (Fsp3) is 0.688. The second-order valence-electron chi connectivity index (χ2n) is 6.78. The number of hydrogen-bond acceptors (Lipinski definition) is 9. The molecule has 0 saturated carbocycles. The summed E-state index contributed by atoms with van der Waals surface area (Å²) in [5.74, 6) is 0.905. The minimum absolute atomic E-state index is 0.0690. The van der Waals surface area contributed by atoms with E-state index in [9.17, 15) is 8.42 Å². The van der Waals surface area contributed by atoms with Gasteiger partial charge in [0, 0.05) is 45.5 Å². The molecule has 0 amide bonds. The lowest BCUT2D eigenvalue weighted by Gasteiger charge is -2.44. The van der Waals surface area contributed by atoms with Crippen molar-refractivity contribution in [3.63, 3.8) is 0 Å². The average Bonchev–Trinajstić information content (AvgIpc) is 3.08. The lowest BCUT2D eigenvalue weighted by Crippen LogP contribution is -2.57. The maximum absolute atomic E-state index is 12.2. The van der Waals surface area contributed by atoms with Crippen LogP contribution in [0.25, 0.3) is 0 Å². The first-order chi connectivity index (χ1) is 12.4.